The van der Waals surface area contributed by atoms with Crippen molar-refractivity contribution in [3.8, 4) is 5.75 Å². The highest BCUT2D eigenvalue weighted by Gasteiger charge is 1.96. The van der Waals surface area contributed by atoms with E-state index in [2.05, 4.69) is 4.99 Å². The summed E-state index contributed by atoms with van der Waals surface area (Å²) in [4.78, 5) is 3.89. The lowest BCUT2D eigenvalue weighted by Crippen LogP contribution is -2.12. The van der Waals surface area contributed by atoms with Crippen molar-refractivity contribution in [3.63, 3.8) is 0 Å². The van der Waals surface area contributed by atoms with Gasteiger partial charge in [0.15, 0.2) is 0 Å². The third-order valence-corrected chi connectivity index (χ3v) is 1.56. The van der Waals surface area contributed by atoms with Crippen LogP contribution in [-0.4, -0.2) is 16.8 Å². The van der Waals surface area contributed by atoms with Gasteiger partial charge in [-0.3, -0.25) is 0 Å². The standard InChI is InChI=1S/C8H9ClN2O/c9-5-8(10)11-6-3-1-2-4-7(6)12/h1-4,12H,5H2,(H2,10,11). The van der Waals surface area contributed by atoms with E-state index in [1.807, 2.05) is 0 Å². The Balaban J connectivity index is 2.96. The summed E-state index contributed by atoms with van der Waals surface area (Å²) in [6.07, 6.45) is 0. The average molecular weight is 185 g/mol. The SMILES string of the molecule is NC(CCl)=Nc1ccccc1O. The van der Waals surface area contributed by atoms with Crippen LogP contribution in [0.15, 0.2) is 29.3 Å². The average Bonchev–Trinajstić information content (AvgIpc) is 2.09. The van der Waals surface area contributed by atoms with Crippen molar-refractivity contribution in [3.05, 3.63) is 24.3 Å². The van der Waals surface area contributed by atoms with Gasteiger partial charge in [0.2, 0.25) is 0 Å². The van der Waals surface area contributed by atoms with E-state index < -0.39 is 0 Å². The van der Waals surface area contributed by atoms with E-state index in [9.17, 15) is 5.11 Å². The number of aliphatic imine (C=N–C) groups is 1. The maximum atomic E-state index is 9.25. The van der Waals surface area contributed by atoms with Crippen LogP contribution < -0.4 is 5.73 Å². The zero-order valence-corrected chi connectivity index (χ0v) is 7.12. The number of hydrogen-bond acceptors (Lipinski definition) is 2. The molecule has 0 amide bonds. The normalized spacial score (nSPS) is 11.6. The number of amidine groups is 1. The Morgan fingerprint density at radius 3 is 2.75 bits per heavy atom. The minimum Gasteiger partial charge on any atom is -0.506 e. The van der Waals surface area contributed by atoms with Gasteiger partial charge in [0.05, 0.1) is 5.88 Å². The second-order valence-electron chi connectivity index (χ2n) is 2.23. The summed E-state index contributed by atoms with van der Waals surface area (Å²) in [7, 11) is 0. The second-order valence-corrected chi connectivity index (χ2v) is 2.49. The summed E-state index contributed by atoms with van der Waals surface area (Å²) in [6.45, 7) is 0. The molecule has 64 valence electrons. The van der Waals surface area contributed by atoms with Crippen molar-refractivity contribution in [2.75, 3.05) is 5.88 Å². The molecule has 0 fully saturated rings. The zero-order chi connectivity index (χ0) is 8.97. The fourth-order valence-electron chi connectivity index (χ4n) is 0.743. The van der Waals surface area contributed by atoms with Gasteiger partial charge in [0.25, 0.3) is 0 Å². The molecule has 0 radical (unpaired) electrons. The molecule has 0 heterocycles. The van der Waals surface area contributed by atoms with Gasteiger partial charge in [-0.1, -0.05) is 12.1 Å². The highest BCUT2D eigenvalue weighted by atomic mass is 35.5. The lowest BCUT2D eigenvalue weighted by molar-refractivity contribution is 0.477. The molecule has 0 aliphatic carbocycles. The molecule has 3 nitrogen and oxygen atoms in total. The molecule has 1 aromatic carbocycles. The number of halogens is 1. The van der Waals surface area contributed by atoms with Crippen LogP contribution in [0.5, 0.6) is 5.75 Å². The third-order valence-electron chi connectivity index (χ3n) is 1.28. The molecular formula is C8H9ClN2O. The van der Waals surface area contributed by atoms with Crippen molar-refractivity contribution in [1.82, 2.24) is 0 Å². The minimum absolute atomic E-state index is 0.102. The number of phenolic OH excluding ortho intramolecular Hbond substituents is 1. The van der Waals surface area contributed by atoms with Gasteiger partial charge in [0.1, 0.15) is 17.3 Å². The third kappa shape index (κ3) is 2.13. The Hall–Kier alpha value is -1.22. The van der Waals surface area contributed by atoms with Crippen molar-refractivity contribution >= 4 is 23.1 Å². The summed E-state index contributed by atoms with van der Waals surface area (Å²) in [5, 5.41) is 9.25. The Bertz CT molecular complexity index is 299. The molecule has 0 aromatic heterocycles. The number of nitrogens with zero attached hydrogens (tertiary/aromatic N) is 1. The van der Waals surface area contributed by atoms with Crippen LogP contribution >= 0.6 is 11.6 Å². The summed E-state index contributed by atoms with van der Waals surface area (Å²) in [6, 6.07) is 6.68. The predicted molar refractivity (Wildman–Crippen MR) is 50.1 cm³/mol. The molecule has 0 unspecified atom stereocenters. The van der Waals surface area contributed by atoms with Gasteiger partial charge in [0, 0.05) is 0 Å². The van der Waals surface area contributed by atoms with Crippen LogP contribution in [0.1, 0.15) is 0 Å². The monoisotopic (exact) mass is 184 g/mol. The molecule has 0 bridgehead atoms. The van der Waals surface area contributed by atoms with Crippen LogP contribution in [0.3, 0.4) is 0 Å². The van der Waals surface area contributed by atoms with Gasteiger partial charge in [-0.25, -0.2) is 4.99 Å². The summed E-state index contributed by atoms with van der Waals surface area (Å²) in [5.74, 6) is 0.553. The predicted octanol–water partition coefficient (Wildman–Crippen LogP) is 1.62. The van der Waals surface area contributed by atoms with Crippen LogP contribution in [0.2, 0.25) is 0 Å². The topological polar surface area (TPSA) is 58.6 Å². The highest BCUT2D eigenvalue weighted by molar-refractivity contribution is 6.28. The Kier molecular flexibility index (Phi) is 2.94. The quantitative estimate of drug-likeness (QED) is 0.417. The van der Waals surface area contributed by atoms with E-state index in [4.69, 9.17) is 17.3 Å². The fraction of sp³-hybridized carbons (Fsp3) is 0.125. The number of rotatable bonds is 2. The van der Waals surface area contributed by atoms with E-state index >= 15 is 0 Å². The van der Waals surface area contributed by atoms with Crippen LogP contribution in [0.4, 0.5) is 5.69 Å². The fourth-order valence-corrected chi connectivity index (χ4v) is 0.803. The Morgan fingerprint density at radius 1 is 1.50 bits per heavy atom. The maximum Gasteiger partial charge on any atom is 0.141 e. The number of alkyl halides is 1. The van der Waals surface area contributed by atoms with E-state index in [0.29, 0.717) is 5.69 Å². The summed E-state index contributed by atoms with van der Waals surface area (Å²) in [5.41, 5.74) is 5.82. The molecule has 1 aromatic rings. The second kappa shape index (κ2) is 3.97. The van der Waals surface area contributed by atoms with Crippen LogP contribution in [-0.2, 0) is 0 Å². The van der Waals surface area contributed by atoms with Crippen molar-refractivity contribution in [2.24, 2.45) is 10.7 Å². The molecule has 0 atom stereocenters. The molecule has 4 heteroatoms. The number of aromatic hydroxyl groups is 1. The first-order chi connectivity index (χ1) is 5.74. The van der Waals surface area contributed by atoms with Crippen molar-refractivity contribution in [2.45, 2.75) is 0 Å². The van der Waals surface area contributed by atoms with Gasteiger partial charge < -0.3 is 10.8 Å². The molecule has 0 saturated heterocycles. The Morgan fingerprint density at radius 2 is 2.17 bits per heavy atom. The van der Waals surface area contributed by atoms with Gasteiger partial charge in [-0.05, 0) is 12.1 Å². The summed E-state index contributed by atoms with van der Waals surface area (Å²) >= 11 is 5.42. The Labute approximate surface area is 75.5 Å². The number of hydrogen-bond donors (Lipinski definition) is 2. The van der Waals surface area contributed by atoms with Crippen LogP contribution in [0, 0.1) is 0 Å². The molecule has 3 N–H and O–H groups in total. The number of para-hydroxylation sites is 2. The van der Waals surface area contributed by atoms with Gasteiger partial charge in [-0.15, -0.1) is 11.6 Å². The molecule has 0 saturated carbocycles. The smallest absolute Gasteiger partial charge is 0.141 e. The number of benzene rings is 1. The first-order valence-corrected chi connectivity index (χ1v) is 3.94. The highest BCUT2D eigenvalue weighted by Crippen LogP contribution is 2.24. The van der Waals surface area contributed by atoms with Crippen LogP contribution in [0.25, 0.3) is 0 Å². The van der Waals surface area contributed by atoms with Gasteiger partial charge >= 0.3 is 0 Å². The molecular weight excluding hydrogens is 176 g/mol. The molecule has 12 heavy (non-hydrogen) atoms. The first-order valence-electron chi connectivity index (χ1n) is 3.41. The molecule has 0 aliphatic heterocycles. The van der Waals surface area contributed by atoms with Crippen molar-refractivity contribution < 1.29 is 5.11 Å². The summed E-state index contributed by atoms with van der Waals surface area (Å²) < 4.78 is 0. The first kappa shape index (κ1) is 8.87. The van der Waals surface area contributed by atoms with Crippen molar-refractivity contribution in [1.29, 1.82) is 0 Å². The van der Waals surface area contributed by atoms with Gasteiger partial charge in [-0.2, -0.15) is 0 Å². The lowest BCUT2D eigenvalue weighted by atomic mass is 10.3. The maximum absolute atomic E-state index is 9.25. The number of nitrogens with two attached hydrogens (primary N) is 1. The lowest BCUT2D eigenvalue weighted by Gasteiger charge is -1.98. The molecule has 1 rings (SSSR count). The molecule has 0 spiro atoms. The van der Waals surface area contributed by atoms with E-state index in [0.717, 1.165) is 0 Å². The molecule has 0 aliphatic rings. The van der Waals surface area contributed by atoms with E-state index in [-0.39, 0.29) is 17.5 Å². The zero-order valence-electron chi connectivity index (χ0n) is 6.37. The number of phenols is 1. The minimum atomic E-state index is 0.102. The van der Waals surface area contributed by atoms with E-state index in [1.165, 1.54) is 0 Å². The largest absolute Gasteiger partial charge is 0.506 e. The van der Waals surface area contributed by atoms with E-state index in [1.54, 1.807) is 24.3 Å².